The van der Waals surface area contributed by atoms with E-state index in [0.717, 1.165) is 12.6 Å². The Labute approximate surface area is 106 Å². The normalized spacial score (nSPS) is 11.1. The first-order valence-corrected chi connectivity index (χ1v) is 5.93. The van der Waals surface area contributed by atoms with E-state index in [9.17, 15) is 8.78 Å². The standard InChI is InChI=1S/C12H20F2N4/c1-8(2)18(4)6-5-16-12-10(14)7-9(13)11(15-3)17-12/h7-8H,5-6H2,1-4H3,(H2,15,16,17). The Hall–Kier alpha value is -1.43. The molecule has 6 heteroatoms. The quantitative estimate of drug-likeness (QED) is 0.820. The minimum absolute atomic E-state index is 0.0381. The fourth-order valence-electron chi connectivity index (χ4n) is 1.37. The van der Waals surface area contributed by atoms with E-state index in [1.807, 2.05) is 7.05 Å². The van der Waals surface area contributed by atoms with Gasteiger partial charge in [0.05, 0.1) is 0 Å². The van der Waals surface area contributed by atoms with Gasteiger partial charge in [0.1, 0.15) is 0 Å². The zero-order valence-corrected chi connectivity index (χ0v) is 11.2. The number of nitrogens with one attached hydrogen (secondary N) is 2. The van der Waals surface area contributed by atoms with Crippen LogP contribution in [-0.4, -0.2) is 43.1 Å². The van der Waals surface area contributed by atoms with Gasteiger partial charge in [-0.05, 0) is 20.9 Å². The highest BCUT2D eigenvalue weighted by Crippen LogP contribution is 2.18. The maximum Gasteiger partial charge on any atom is 0.168 e. The second-order valence-corrected chi connectivity index (χ2v) is 4.40. The van der Waals surface area contributed by atoms with Crippen LogP contribution in [0.15, 0.2) is 6.07 Å². The summed E-state index contributed by atoms with van der Waals surface area (Å²) in [5.74, 6) is -1.27. The zero-order chi connectivity index (χ0) is 13.7. The molecule has 0 spiro atoms. The van der Waals surface area contributed by atoms with Crippen molar-refractivity contribution in [2.45, 2.75) is 19.9 Å². The number of hydrogen-bond acceptors (Lipinski definition) is 4. The molecule has 0 aliphatic heterocycles. The van der Waals surface area contributed by atoms with Crippen LogP contribution in [-0.2, 0) is 0 Å². The minimum atomic E-state index is -0.695. The highest BCUT2D eigenvalue weighted by Gasteiger charge is 2.11. The van der Waals surface area contributed by atoms with E-state index in [1.54, 1.807) is 7.05 Å². The SMILES string of the molecule is CNc1nc(NCCN(C)C(C)C)c(F)cc1F. The number of pyridine rings is 1. The number of rotatable bonds is 6. The van der Waals surface area contributed by atoms with E-state index in [1.165, 1.54) is 0 Å². The smallest absolute Gasteiger partial charge is 0.168 e. The second kappa shape index (κ2) is 6.49. The van der Waals surface area contributed by atoms with Crippen molar-refractivity contribution in [1.29, 1.82) is 0 Å². The van der Waals surface area contributed by atoms with Gasteiger partial charge in [-0.1, -0.05) is 0 Å². The highest BCUT2D eigenvalue weighted by atomic mass is 19.1. The van der Waals surface area contributed by atoms with Crippen LogP contribution >= 0.6 is 0 Å². The molecule has 0 aliphatic carbocycles. The van der Waals surface area contributed by atoms with Crippen LogP contribution in [0.2, 0.25) is 0 Å². The first-order valence-electron chi connectivity index (χ1n) is 5.93. The molecule has 18 heavy (non-hydrogen) atoms. The molecule has 102 valence electrons. The third-order valence-electron chi connectivity index (χ3n) is 2.80. The molecule has 1 aromatic rings. The van der Waals surface area contributed by atoms with Crippen molar-refractivity contribution in [1.82, 2.24) is 9.88 Å². The maximum atomic E-state index is 13.4. The molecule has 0 amide bonds. The molecule has 0 fully saturated rings. The monoisotopic (exact) mass is 258 g/mol. The van der Waals surface area contributed by atoms with E-state index >= 15 is 0 Å². The second-order valence-electron chi connectivity index (χ2n) is 4.40. The lowest BCUT2D eigenvalue weighted by atomic mass is 10.3. The summed E-state index contributed by atoms with van der Waals surface area (Å²) in [7, 11) is 3.53. The molecule has 1 heterocycles. The Morgan fingerprint density at radius 1 is 1.28 bits per heavy atom. The van der Waals surface area contributed by atoms with Gasteiger partial charge in [-0.2, -0.15) is 0 Å². The van der Waals surface area contributed by atoms with Crippen LogP contribution in [0.25, 0.3) is 0 Å². The summed E-state index contributed by atoms with van der Waals surface area (Å²) in [6.45, 7) is 5.46. The molecule has 0 aromatic carbocycles. The Morgan fingerprint density at radius 3 is 2.44 bits per heavy atom. The molecule has 1 rings (SSSR count). The highest BCUT2D eigenvalue weighted by molar-refractivity contribution is 5.47. The lowest BCUT2D eigenvalue weighted by Gasteiger charge is -2.21. The molecule has 0 saturated carbocycles. The third-order valence-corrected chi connectivity index (χ3v) is 2.80. The maximum absolute atomic E-state index is 13.4. The molecule has 0 atom stereocenters. The summed E-state index contributed by atoms with van der Waals surface area (Å²) in [4.78, 5) is 5.96. The Morgan fingerprint density at radius 2 is 1.89 bits per heavy atom. The number of aromatic nitrogens is 1. The summed E-state index contributed by atoms with van der Waals surface area (Å²) in [5, 5.41) is 5.44. The number of halogens is 2. The first kappa shape index (κ1) is 14.6. The third kappa shape index (κ3) is 3.80. The predicted octanol–water partition coefficient (Wildman–Crippen LogP) is 2.15. The fraction of sp³-hybridized carbons (Fsp3) is 0.583. The molecule has 2 N–H and O–H groups in total. The van der Waals surface area contributed by atoms with Crippen LogP contribution in [0, 0.1) is 11.6 Å². The molecule has 4 nitrogen and oxygen atoms in total. The summed E-state index contributed by atoms with van der Waals surface area (Å²) in [5.41, 5.74) is 0. The molecule has 1 aromatic heterocycles. The summed E-state index contributed by atoms with van der Waals surface area (Å²) in [6, 6.07) is 1.25. The van der Waals surface area contributed by atoms with Gasteiger partial charge >= 0.3 is 0 Å². The van der Waals surface area contributed by atoms with E-state index in [-0.39, 0.29) is 11.6 Å². The average molecular weight is 258 g/mol. The summed E-state index contributed by atoms with van der Waals surface area (Å²) in [6.07, 6.45) is 0. The Bertz CT molecular complexity index is 396. The van der Waals surface area contributed by atoms with Crippen molar-refractivity contribution in [3.8, 4) is 0 Å². The molecule has 0 unspecified atom stereocenters. The van der Waals surface area contributed by atoms with E-state index < -0.39 is 11.6 Å². The van der Waals surface area contributed by atoms with Crippen LogP contribution in [0.1, 0.15) is 13.8 Å². The van der Waals surface area contributed by atoms with Gasteiger partial charge in [0.25, 0.3) is 0 Å². The molecule has 0 aliphatic rings. The Kier molecular flexibility index (Phi) is 5.27. The Balaban J connectivity index is 2.62. The van der Waals surface area contributed by atoms with E-state index in [2.05, 4.69) is 34.4 Å². The van der Waals surface area contributed by atoms with Gasteiger partial charge in [0, 0.05) is 32.2 Å². The van der Waals surface area contributed by atoms with Crippen LogP contribution < -0.4 is 10.6 Å². The predicted molar refractivity (Wildman–Crippen MR) is 70.0 cm³/mol. The zero-order valence-electron chi connectivity index (χ0n) is 11.2. The molecular formula is C12H20F2N4. The number of likely N-dealkylation sites (N-methyl/N-ethyl adjacent to an activating group) is 1. The van der Waals surface area contributed by atoms with Gasteiger partial charge < -0.3 is 15.5 Å². The lowest BCUT2D eigenvalue weighted by Crippen LogP contribution is -2.31. The van der Waals surface area contributed by atoms with Crippen LogP contribution in [0.4, 0.5) is 20.4 Å². The lowest BCUT2D eigenvalue weighted by molar-refractivity contribution is 0.284. The van der Waals surface area contributed by atoms with Crippen molar-refractivity contribution in [3.05, 3.63) is 17.7 Å². The molecule has 0 bridgehead atoms. The van der Waals surface area contributed by atoms with Crippen molar-refractivity contribution in [2.24, 2.45) is 0 Å². The van der Waals surface area contributed by atoms with Gasteiger partial charge in [-0.25, -0.2) is 13.8 Å². The van der Waals surface area contributed by atoms with E-state index in [4.69, 9.17) is 0 Å². The van der Waals surface area contributed by atoms with Crippen molar-refractivity contribution < 1.29 is 8.78 Å². The van der Waals surface area contributed by atoms with E-state index in [0.29, 0.717) is 12.6 Å². The topological polar surface area (TPSA) is 40.2 Å². The number of nitrogens with zero attached hydrogens (tertiary/aromatic N) is 2. The average Bonchev–Trinajstić information content (AvgIpc) is 2.31. The van der Waals surface area contributed by atoms with Crippen molar-refractivity contribution in [2.75, 3.05) is 37.8 Å². The van der Waals surface area contributed by atoms with Gasteiger partial charge in [-0.3, -0.25) is 0 Å². The van der Waals surface area contributed by atoms with Crippen LogP contribution in [0.5, 0.6) is 0 Å². The fourth-order valence-corrected chi connectivity index (χ4v) is 1.37. The molecule has 0 radical (unpaired) electrons. The van der Waals surface area contributed by atoms with Gasteiger partial charge in [0.15, 0.2) is 23.3 Å². The van der Waals surface area contributed by atoms with Crippen LogP contribution in [0.3, 0.4) is 0 Å². The first-order chi connectivity index (χ1) is 8.45. The van der Waals surface area contributed by atoms with Crippen molar-refractivity contribution >= 4 is 11.6 Å². The van der Waals surface area contributed by atoms with Crippen molar-refractivity contribution in [3.63, 3.8) is 0 Å². The molecular weight excluding hydrogens is 238 g/mol. The summed E-state index contributed by atoms with van der Waals surface area (Å²) >= 11 is 0. The minimum Gasteiger partial charge on any atom is -0.371 e. The van der Waals surface area contributed by atoms with Gasteiger partial charge in [-0.15, -0.1) is 0 Å². The number of anilines is 2. The largest absolute Gasteiger partial charge is 0.371 e. The van der Waals surface area contributed by atoms with Gasteiger partial charge in [0.2, 0.25) is 0 Å². The summed E-state index contributed by atoms with van der Waals surface area (Å²) < 4.78 is 26.6. The number of hydrogen-bond donors (Lipinski definition) is 2. The molecule has 0 saturated heterocycles.